The quantitative estimate of drug-likeness (QED) is 0.800. The number of hydrogen-bond donors (Lipinski definition) is 1. The number of nitrogens with one attached hydrogen (secondary N) is 1. The molecule has 1 unspecified atom stereocenters. The molecule has 0 amide bonds. The van der Waals surface area contributed by atoms with Crippen molar-refractivity contribution in [3.63, 3.8) is 0 Å². The van der Waals surface area contributed by atoms with E-state index in [-0.39, 0.29) is 6.04 Å². The zero-order chi connectivity index (χ0) is 14.0. The largest absolute Gasteiger partial charge is 0.306 e. The minimum atomic E-state index is 0.105. The Morgan fingerprint density at radius 2 is 2.00 bits per heavy atom. The van der Waals surface area contributed by atoms with Gasteiger partial charge in [-0.15, -0.1) is 11.3 Å². The summed E-state index contributed by atoms with van der Waals surface area (Å²) in [5.74, 6) is 0. The van der Waals surface area contributed by atoms with E-state index in [4.69, 9.17) is 23.2 Å². The van der Waals surface area contributed by atoms with Crippen LogP contribution in [0.25, 0.3) is 0 Å². The highest BCUT2D eigenvalue weighted by Gasteiger charge is 2.19. The van der Waals surface area contributed by atoms with Gasteiger partial charge in [0, 0.05) is 9.75 Å². The van der Waals surface area contributed by atoms with Crippen molar-refractivity contribution >= 4 is 34.5 Å². The minimum absolute atomic E-state index is 0.105. The summed E-state index contributed by atoms with van der Waals surface area (Å²) < 4.78 is 0. The lowest BCUT2D eigenvalue weighted by molar-refractivity contribution is 0.640. The van der Waals surface area contributed by atoms with E-state index in [1.165, 1.54) is 15.3 Å². The van der Waals surface area contributed by atoms with Gasteiger partial charge in [0.15, 0.2) is 0 Å². The summed E-state index contributed by atoms with van der Waals surface area (Å²) in [4.78, 5) is 2.62. The Kier molecular flexibility index (Phi) is 4.91. The van der Waals surface area contributed by atoms with Gasteiger partial charge >= 0.3 is 0 Å². The molecule has 0 bridgehead atoms. The maximum absolute atomic E-state index is 6.35. The third-order valence-electron chi connectivity index (χ3n) is 3.17. The maximum Gasteiger partial charge on any atom is 0.0686 e. The third kappa shape index (κ3) is 3.14. The van der Waals surface area contributed by atoms with Gasteiger partial charge in [-0.05, 0) is 43.7 Å². The summed E-state index contributed by atoms with van der Waals surface area (Å²) in [7, 11) is 0. The van der Waals surface area contributed by atoms with Gasteiger partial charge in [0.25, 0.3) is 0 Å². The SMILES string of the molecule is CCNC(c1cc(C)c(C)s1)c1cccc(Cl)c1Cl. The van der Waals surface area contributed by atoms with Crippen LogP contribution in [0.1, 0.15) is 33.8 Å². The van der Waals surface area contributed by atoms with E-state index in [0.29, 0.717) is 10.0 Å². The molecule has 0 saturated heterocycles. The first-order chi connectivity index (χ1) is 9.04. The molecule has 0 aliphatic rings. The van der Waals surface area contributed by atoms with Crippen LogP contribution >= 0.6 is 34.5 Å². The fraction of sp³-hybridized carbons (Fsp3) is 0.333. The lowest BCUT2D eigenvalue weighted by Crippen LogP contribution is -2.21. The lowest BCUT2D eigenvalue weighted by atomic mass is 10.0. The monoisotopic (exact) mass is 313 g/mol. The highest BCUT2D eigenvalue weighted by Crippen LogP contribution is 2.36. The number of hydrogen-bond acceptors (Lipinski definition) is 2. The Labute approximate surface area is 128 Å². The van der Waals surface area contributed by atoms with Gasteiger partial charge in [0.2, 0.25) is 0 Å². The molecule has 1 nitrogen and oxygen atoms in total. The Hall–Kier alpha value is -0.540. The van der Waals surface area contributed by atoms with Gasteiger partial charge in [-0.3, -0.25) is 0 Å². The van der Waals surface area contributed by atoms with Crippen molar-refractivity contribution in [2.45, 2.75) is 26.8 Å². The van der Waals surface area contributed by atoms with E-state index in [2.05, 4.69) is 32.2 Å². The van der Waals surface area contributed by atoms with Crippen molar-refractivity contribution in [2.75, 3.05) is 6.54 Å². The zero-order valence-electron chi connectivity index (χ0n) is 11.3. The molecular formula is C15H17Cl2NS. The summed E-state index contributed by atoms with van der Waals surface area (Å²) in [6.07, 6.45) is 0. The molecule has 1 aromatic carbocycles. The Bertz CT molecular complexity index is 558. The molecule has 0 radical (unpaired) electrons. The molecule has 0 aliphatic carbocycles. The fourth-order valence-electron chi connectivity index (χ4n) is 2.06. The molecule has 0 spiro atoms. The highest BCUT2D eigenvalue weighted by molar-refractivity contribution is 7.12. The van der Waals surface area contributed by atoms with E-state index in [0.717, 1.165) is 12.1 Å². The van der Waals surface area contributed by atoms with Gasteiger partial charge < -0.3 is 5.32 Å². The van der Waals surface area contributed by atoms with Crippen LogP contribution in [-0.4, -0.2) is 6.54 Å². The van der Waals surface area contributed by atoms with Crippen LogP contribution in [0.5, 0.6) is 0 Å². The minimum Gasteiger partial charge on any atom is -0.306 e. The van der Waals surface area contributed by atoms with E-state index in [9.17, 15) is 0 Å². The predicted octanol–water partition coefficient (Wildman–Crippen LogP) is 5.37. The average Bonchev–Trinajstić information content (AvgIpc) is 2.70. The highest BCUT2D eigenvalue weighted by atomic mass is 35.5. The van der Waals surface area contributed by atoms with Crippen LogP contribution < -0.4 is 5.32 Å². The van der Waals surface area contributed by atoms with Crippen LogP contribution in [0, 0.1) is 13.8 Å². The van der Waals surface area contributed by atoms with Crippen LogP contribution in [0.15, 0.2) is 24.3 Å². The molecule has 1 heterocycles. The Morgan fingerprint density at radius 1 is 1.26 bits per heavy atom. The summed E-state index contributed by atoms with van der Waals surface area (Å²) >= 11 is 14.3. The first-order valence-electron chi connectivity index (χ1n) is 6.28. The van der Waals surface area contributed by atoms with E-state index in [1.54, 1.807) is 0 Å². The Morgan fingerprint density at radius 3 is 2.58 bits per heavy atom. The molecule has 19 heavy (non-hydrogen) atoms. The summed E-state index contributed by atoms with van der Waals surface area (Å²) in [5.41, 5.74) is 2.36. The standard InChI is InChI=1S/C15H17Cl2NS/c1-4-18-15(13-8-9(2)10(3)19-13)11-6-5-7-12(16)14(11)17/h5-8,15,18H,4H2,1-3H3. The number of aryl methyl sites for hydroxylation is 2. The molecule has 2 aromatic rings. The van der Waals surface area contributed by atoms with Gasteiger partial charge in [0.1, 0.15) is 0 Å². The van der Waals surface area contributed by atoms with Crippen molar-refractivity contribution in [2.24, 2.45) is 0 Å². The van der Waals surface area contributed by atoms with Crippen LogP contribution in [0.2, 0.25) is 10.0 Å². The molecule has 0 fully saturated rings. The predicted molar refractivity (Wildman–Crippen MR) is 85.8 cm³/mol. The first-order valence-corrected chi connectivity index (χ1v) is 7.86. The summed E-state index contributed by atoms with van der Waals surface area (Å²) in [5, 5.41) is 4.73. The normalized spacial score (nSPS) is 12.7. The van der Waals surface area contributed by atoms with Gasteiger partial charge in [-0.1, -0.05) is 42.3 Å². The molecule has 102 valence electrons. The van der Waals surface area contributed by atoms with E-state index >= 15 is 0 Å². The number of thiophene rings is 1. The molecular weight excluding hydrogens is 297 g/mol. The smallest absolute Gasteiger partial charge is 0.0686 e. The van der Waals surface area contributed by atoms with Gasteiger partial charge in [0.05, 0.1) is 16.1 Å². The lowest BCUT2D eigenvalue weighted by Gasteiger charge is -2.18. The molecule has 1 N–H and O–H groups in total. The molecule has 0 saturated carbocycles. The van der Waals surface area contributed by atoms with E-state index in [1.807, 2.05) is 29.5 Å². The zero-order valence-corrected chi connectivity index (χ0v) is 13.6. The molecule has 4 heteroatoms. The second-order valence-electron chi connectivity index (χ2n) is 4.52. The Balaban J connectivity index is 2.48. The summed E-state index contributed by atoms with van der Waals surface area (Å²) in [6.45, 7) is 7.26. The van der Waals surface area contributed by atoms with E-state index < -0.39 is 0 Å². The second-order valence-corrected chi connectivity index (χ2v) is 6.59. The van der Waals surface area contributed by atoms with Crippen molar-refractivity contribution in [3.8, 4) is 0 Å². The van der Waals surface area contributed by atoms with Crippen molar-refractivity contribution in [1.29, 1.82) is 0 Å². The van der Waals surface area contributed by atoms with Crippen molar-refractivity contribution in [3.05, 3.63) is 55.2 Å². The topological polar surface area (TPSA) is 12.0 Å². The fourth-order valence-corrected chi connectivity index (χ4v) is 3.61. The number of benzene rings is 1. The van der Waals surface area contributed by atoms with Crippen LogP contribution in [0.3, 0.4) is 0 Å². The average molecular weight is 314 g/mol. The summed E-state index contributed by atoms with van der Waals surface area (Å²) in [6, 6.07) is 8.13. The first kappa shape index (κ1) is 14.9. The molecule has 2 rings (SSSR count). The van der Waals surface area contributed by atoms with Gasteiger partial charge in [-0.2, -0.15) is 0 Å². The third-order valence-corrected chi connectivity index (χ3v) is 5.22. The molecule has 1 aromatic heterocycles. The molecule has 0 aliphatic heterocycles. The number of halogens is 2. The van der Waals surface area contributed by atoms with Crippen LogP contribution in [0.4, 0.5) is 0 Å². The van der Waals surface area contributed by atoms with Crippen LogP contribution in [-0.2, 0) is 0 Å². The molecule has 1 atom stereocenters. The van der Waals surface area contributed by atoms with Crippen molar-refractivity contribution < 1.29 is 0 Å². The second kappa shape index (κ2) is 6.27. The maximum atomic E-state index is 6.35. The van der Waals surface area contributed by atoms with Gasteiger partial charge in [-0.25, -0.2) is 0 Å². The van der Waals surface area contributed by atoms with Crippen molar-refractivity contribution in [1.82, 2.24) is 5.32 Å². The number of rotatable bonds is 4.